The molecule has 0 radical (unpaired) electrons. The molecule has 0 fully saturated rings. The van der Waals surface area contributed by atoms with Crippen LogP contribution in [0.25, 0.3) is 0 Å². The average molecular weight is 394 g/mol. The lowest BCUT2D eigenvalue weighted by atomic mass is 10.2. The molecule has 25 heavy (non-hydrogen) atoms. The zero-order valence-electron chi connectivity index (χ0n) is 15.6. The van der Waals surface area contributed by atoms with Gasteiger partial charge >= 0.3 is 0 Å². The van der Waals surface area contributed by atoms with Crippen LogP contribution in [0, 0.1) is 5.92 Å². The van der Waals surface area contributed by atoms with Gasteiger partial charge in [0.2, 0.25) is 0 Å². The minimum absolute atomic E-state index is 0.0349. The third-order valence-corrected chi connectivity index (χ3v) is 11.4. The largest absolute Gasteiger partial charge is 0.242 e. The fraction of sp³-hybridized carbons (Fsp3) is 0.400. The zero-order chi connectivity index (χ0) is 18.7. The first-order valence-corrected chi connectivity index (χ1v) is 12.6. The summed E-state index contributed by atoms with van der Waals surface area (Å²) < 4.78 is 15.9. The van der Waals surface area contributed by atoms with Gasteiger partial charge < -0.3 is 0 Å². The van der Waals surface area contributed by atoms with Crippen LogP contribution in [0.3, 0.4) is 0 Å². The molecule has 0 aliphatic heterocycles. The van der Waals surface area contributed by atoms with Crippen LogP contribution in [0.5, 0.6) is 0 Å². The molecule has 0 aliphatic carbocycles. The van der Waals surface area contributed by atoms with E-state index in [2.05, 4.69) is 42.8 Å². The summed E-state index contributed by atoms with van der Waals surface area (Å²) in [6.45, 7) is 10.3. The van der Waals surface area contributed by atoms with Crippen molar-refractivity contribution >= 4 is 39.4 Å². The maximum Gasteiger partial charge on any atom is 0.0976 e. The Morgan fingerprint density at radius 1 is 0.920 bits per heavy atom. The smallest absolute Gasteiger partial charge is 0.0976 e. The third-order valence-electron chi connectivity index (χ3n) is 4.09. The van der Waals surface area contributed by atoms with Crippen molar-refractivity contribution in [1.82, 2.24) is 4.72 Å². The van der Waals surface area contributed by atoms with Crippen LogP contribution in [0.1, 0.15) is 34.6 Å². The van der Waals surface area contributed by atoms with Gasteiger partial charge in [-0.05, 0) is 37.3 Å². The van der Waals surface area contributed by atoms with Crippen molar-refractivity contribution in [2.45, 2.75) is 45.1 Å². The molecule has 1 N–H and O–H groups in total. The summed E-state index contributed by atoms with van der Waals surface area (Å²) in [4.78, 5) is 0. The van der Waals surface area contributed by atoms with Gasteiger partial charge in [0.25, 0.3) is 0 Å². The molecule has 0 aromatic heterocycles. The van der Waals surface area contributed by atoms with E-state index in [-0.39, 0.29) is 16.4 Å². The van der Waals surface area contributed by atoms with Gasteiger partial charge in [-0.1, -0.05) is 86.3 Å². The highest BCUT2D eigenvalue weighted by molar-refractivity contribution is 8.22. The predicted molar refractivity (Wildman–Crippen MR) is 116 cm³/mol. The second-order valence-electron chi connectivity index (χ2n) is 7.52. The number of benzene rings is 2. The Balaban J connectivity index is 2.60. The molecule has 2 nitrogen and oxygen atoms in total. The molecule has 0 bridgehead atoms. The molecular weight excluding hydrogens is 365 g/mol. The molecule has 0 heterocycles. The molecule has 0 amide bonds. The van der Waals surface area contributed by atoms with E-state index < -0.39 is 17.0 Å². The van der Waals surface area contributed by atoms with E-state index >= 15 is 0 Å². The van der Waals surface area contributed by atoms with Crippen LogP contribution in [-0.4, -0.2) is 14.7 Å². The molecule has 0 spiro atoms. The number of hydrogen-bond donors (Lipinski definition) is 1. The Morgan fingerprint density at radius 2 is 1.32 bits per heavy atom. The van der Waals surface area contributed by atoms with Gasteiger partial charge in [-0.15, -0.1) is 0 Å². The van der Waals surface area contributed by atoms with Crippen LogP contribution < -0.4 is 15.3 Å². The monoisotopic (exact) mass is 393 g/mol. The molecule has 1 unspecified atom stereocenters. The first-order valence-electron chi connectivity index (χ1n) is 8.56. The Kier molecular flexibility index (Phi) is 6.78. The SMILES string of the molecule is CC(C)[C@H](NS(=O)C(C)(C)C)P(=S)(c1ccccc1)c1ccccc1. The van der Waals surface area contributed by atoms with E-state index in [0.29, 0.717) is 0 Å². The lowest BCUT2D eigenvalue weighted by Crippen LogP contribution is -2.45. The molecule has 2 atom stereocenters. The third kappa shape index (κ3) is 4.68. The highest BCUT2D eigenvalue weighted by atomic mass is 32.4. The normalized spacial score (nSPS) is 15.1. The fourth-order valence-corrected chi connectivity index (χ4v) is 9.27. The summed E-state index contributed by atoms with van der Waals surface area (Å²) in [6, 6.07) is 18.5. The molecular formula is C20H28NOPS2. The Bertz CT molecular complexity index is 711. The number of hydrogen-bond acceptors (Lipinski definition) is 2. The maximum absolute atomic E-state index is 12.9. The standard InChI is InChI=1S/C20H28NOPS2/c1-16(2)19(21-25(22)20(3,4)5)23(24,17-12-8-6-9-13-17)18-14-10-7-11-15-18/h6-16,19,21H,1-5H3/t19-,25?/m1/s1. The summed E-state index contributed by atoms with van der Waals surface area (Å²) in [7, 11) is -1.17. The van der Waals surface area contributed by atoms with Crippen LogP contribution in [0.15, 0.2) is 60.7 Å². The molecule has 0 aliphatic rings. The Morgan fingerprint density at radius 3 is 1.64 bits per heavy atom. The minimum atomic E-state index is -2.18. The molecule has 2 aromatic rings. The lowest BCUT2D eigenvalue weighted by molar-refractivity contribution is 0.565. The molecule has 0 saturated heterocycles. The van der Waals surface area contributed by atoms with Gasteiger partial charge in [-0.2, -0.15) is 0 Å². The van der Waals surface area contributed by atoms with Gasteiger partial charge in [-0.25, -0.2) is 8.93 Å². The van der Waals surface area contributed by atoms with Crippen LogP contribution in [0.2, 0.25) is 0 Å². The number of rotatable bonds is 6. The summed E-state index contributed by atoms with van der Waals surface area (Å²) in [5.41, 5.74) is 0. The lowest BCUT2D eigenvalue weighted by Gasteiger charge is -2.36. The topological polar surface area (TPSA) is 29.1 Å². The van der Waals surface area contributed by atoms with Crippen LogP contribution in [-0.2, 0) is 22.8 Å². The van der Waals surface area contributed by atoms with Gasteiger partial charge in [0.1, 0.15) is 0 Å². The number of nitrogens with one attached hydrogen (secondary N) is 1. The molecule has 136 valence electrons. The van der Waals surface area contributed by atoms with E-state index in [1.807, 2.05) is 57.2 Å². The van der Waals surface area contributed by atoms with Gasteiger partial charge in [-0.3, -0.25) is 0 Å². The quantitative estimate of drug-likeness (QED) is 0.747. The van der Waals surface area contributed by atoms with Crippen molar-refractivity contribution in [1.29, 1.82) is 0 Å². The van der Waals surface area contributed by atoms with Crippen molar-refractivity contribution < 1.29 is 4.21 Å². The summed E-state index contributed by atoms with van der Waals surface area (Å²) in [5, 5.41) is 2.32. The fourth-order valence-electron chi connectivity index (χ4n) is 2.69. The van der Waals surface area contributed by atoms with E-state index in [1.165, 1.54) is 0 Å². The van der Waals surface area contributed by atoms with Crippen molar-refractivity contribution in [3.63, 3.8) is 0 Å². The van der Waals surface area contributed by atoms with E-state index in [1.54, 1.807) is 0 Å². The summed E-state index contributed by atoms with van der Waals surface area (Å²) >= 11 is 6.39. The summed E-state index contributed by atoms with van der Waals surface area (Å²) in [6.07, 6.45) is 0. The molecule has 2 aromatic carbocycles. The minimum Gasteiger partial charge on any atom is -0.242 e. The van der Waals surface area contributed by atoms with E-state index in [0.717, 1.165) is 10.6 Å². The van der Waals surface area contributed by atoms with Crippen molar-refractivity contribution in [3.8, 4) is 0 Å². The molecule has 2 rings (SSSR count). The van der Waals surface area contributed by atoms with Gasteiger partial charge in [0, 0.05) is 6.04 Å². The second kappa shape index (κ2) is 8.26. The molecule has 5 heteroatoms. The maximum atomic E-state index is 12.9. The van der Waals surface area contributed by atoms with E-state index in [4.69, 9.17) is 11.8 Å². The van der Waals surface area contributed by atoms with Crippen molar-refractivity contribution in [3.05, 3.63) is 60.7 Å². The van der Waals surface area contributed by atoms with Gasteiger partial charge in [0.15, 0.2) is 0 Å². The second-order valence-corrected chi connectivity index (χ2v) is 14.1. The first-order chi connectivity index (χ1) is 11.7. The van der Waals surface area contributed by atoms with Crippen LogP contribution in [0.4, 0.5) is 0 Å². The van der Waals surface area contributed by atoms with E-state index in [9.17, 15) is 4.21 Å². The highest BCUT2D eigenvalue weighted by Gasteiger charge is 2.36. The highest BCUT2D eigenvalue weighted by Crippen LogP contribution is 2.50. The molecule has 0 saturated carbocycles. The summed E-state index contributed by atoms with van der Waals surface area (Å²) in [5.74, 6) is 0.227. The Labute approximate surface area is 160 Å². The van der Waals surface area contributed by atoms with Crippen molar-refractivity contribution in [2.75, 3.05) is 0 Å². The predicted octanol–water partition coefficient (Wildman–Crippen LogP) is 4.15. The Hall–Kier alpha value is -0.800. The zero-order valence-corrected chi connectivity index (χ0v) is 18.1. The van der Waals surface area contributed by atoms with Crippen molar-refractivity contribution in [2.24, 2.45) is 5.92 Å². The first kappa shape index (κ1) is 20.5. The van der Waals surface area contributed by atoms with Gasteiger partial charge in [0.05, 0.1) is 21.5 Å². The average Bonchev–Trinajstić information content (AvgIpc) is 2.59. The van der Waals surface area contributed by atoms with Crippen LogP contribution >= 0.6 is 6.04 Å².